The molecule has 0 saturated heterocycles. The standard InChI is InChI=1S/C41H28O/c1-41(2)35-17-9-8-15-31(35)38-33(25-11-4-3-5-12-25)23-28-20-19-27(24-34(28)39(38)41)29-16-10-18-36-37(29)32-22-21-26-13-6-7-14-30(26)40(32)42-36/h3-24H,1-2H3. The Hall–Kier alpha value is -5.14. The molecule has 0 unspecified atom stereocenters. The molecule has 1 aromatic heterocycles. The summed E-state index contributed by atoms with van der Waals surface area (Å²) < 4.78 is 6.53. The Balaban J connectivity index is 1.36. The van der Waals surface area contributed by atoms with Gasteiger partial charge < -0.3 is 4.42 Å². The van der Waals surface area contributed by atoms with Crippen molar-refractivity contribution in [1.29, 1.82) is 0 Å². The molecule has 1 heteroatoms. The maximum absolute atomic E-state index is 6.53. The molecule has 0 aliphatic heterocycles. The minimum atomic E-state index is -0.124. The molecule has 1 aliphatic rings. The van der Waals surface area contributed by atoms with Crippen LogP contribution in [-0.4, -0.2) is 0 Å². The highest BCUT2D eigenvalue weighted by atomic mass is 16.3. The minimum Gasteiger partial charge on any atom is -0.455 e. The molecule has 0 amide bonds. The molecule has 7 aromatic carbocycles. The lowest BCUT2D eigenvalue weighted by Gasteiger charge is -2.24. The van der Waals surface area contributed by atoms with Crippen LogP contribution in [0.25, 0.3) is 76.9 Å². The third-order valence-electron chi connectivity index (χ3n) is 9.42. The third-order valence-corrected chi connectivity index (χ3v) is 9.42. The van der Waals surface area contributed by atoms with Crippen molar-refractivity contribution in [2.45, 2.75) is 19.3 Å². The second-order valence-electron chi connectivity index (χ2n) is 12.1. The highest BCUT2D eigenvalue weighted by Gasteiger charge is 2.38. The smallest absolute Gasteiger partial charge is 0.143 e. The molecule has 42 heavy (non-hydrogen) atoms. The average molecular weight is 537 g/mol. The van der Waals surface area contributed by atoms with Crippen LogP contribution in [0.2, 0.25) is 0 Å². The Bertz CT molecular complexity index is 2370. The second kappa shape index (κ2) is 8.44. The molecule has 0 N–H and O–H groups in total. The minimum absolute atomic E-state index is 0.124. The van der Waals surface area contributed by atoms with Gasteiger partial charge in [0.25, 0.3) is 0 Å². The van der Waals surface area contributed by atoms with Gasteiger partial charge in [0.1, 0.15) is 11.2 Å². The van der Waals surface area contributed by atoms with Crippen molar-refractivity contribution in [2.24, 2.45) is 0 Å². The highest BCUT2D eigenvalue weighted by Crippen LogP contribution is 2.55. The molecular formula is C41H28O. The molecule has 0 spiro atoms. The van der Waals surface area contributed by atoms with E-state index < -0.39 is 0 Å². The molecule has 1 nitrogen and oxygen atoms in total. The topological polar surface area (TPSA) is 13.1 Å². The number of furan rings is 1. The third kappa shape index (κ3) is 3.14. The summed E-state index contributed by atoms with van der Waals surface area (Å²) >= 11 is 0. The van der Waals surface area contributed by atoms with Gasteiger partial charge in [-0.25, -0.2) is 0 Å². The van der Waals surface area contributed by atoms with Crippen LogP contribution in [0.15, 0.2) is 138 Å². The summed E-state index contributed by atoms with van der Waals surface area (Å²) in [4.78, 5) is 0. The zero-order valence-electron chi connectivity index (χ0n) is 23.6. The Morgan fingerprint density at radius 2 is 1.26 bits per heavy atom. The molecule has 9 rings (SSSR count). The fourth-order valence-corrected chi connectivity index (χ4v) is 7.51. The first kappa shape index (κ1) is 23.6. The van der Waals surface area contributed by atoms with Crippen LogP contribution in [0.3, 0.4) is 0 Å². The zero-order chi connectivity index (χ0) is 28.0. The lowest BCUT2D eigenvalue weighted by atomic mass is 9.78. The van der Waals surface area contributed by atoms with Gasteiger partial charge >= 0.3 is 0 Å². The van der Waals surface area contributed by atoms with E-state index >= 15 is 0 Å². The fourth-order valence-electron chi connectivity index (χ4n) is 7.51. The first-order valence-corrected chi connectivity index (χ1v) is 14.7. The van der Waals surface area contributed by atoms with Crippen molar-refractivity contribution in [1.82, 2.24) is 0 Å². The molecule has 0 saturated carbocycles. The maximum atomic E-state index is 6.53. The number of benzene rings is 7. The Labute approximate surface area is 244 Å². The van der Waals surface area contributed by atoms with Crippen LogP contribution in [0.4, 0.5) is 0 Å². The van der Waals surface area contributed by atoms with E-state index in [9.17, 15) is 0 Å². The van der Waals surface area contributed by atoms with E-state index in [1.165, 1.54) is 66.1 Å². The molecule has 1 aliphatic carbocycles. The molecule has 0 radical (unpaired) electrons. The predicted octanol–water partition coefficient (Wildman–Crippen LogP) is 11.5. The molecule has 0 bridgehead atoms. The van der Waals surface area contributed by atoms with Crippen LogP contribution in [-0.2, 0) is 5.41 Å². The summed E-state index contributed by atoms with van der Waals surface area (Å²) in [6.45, 7) is 4.77. The first-order valence-electron chi connectivity index (χ1n) is 14.7. The van der Waals surface area contributed by atoms with Crippen LogP contribution >= 0.6 is 0 Å². The van der Waals surface area contributed by atoms with Crippen molar-refractivity contribution in [3.05, 3.63) is 145 Å². The summed E-state index contributed by atoms with van der Waals surface area (Å²) in [5, 5.41) is 7.28. The predicted molar refractivity (Wildman–Crippen MR) is 177 cm³/mol. The molecule has 198 valence electrons. The lowest BCUT2D eigenvalue weighted by molar-refractivity contribution is 0.666. The highest BCUT2D eigenvalue weighted by molar-refractivity contribution is 6.19. The van der Waals surface area contributed by atoms with Crippen LogP contribution in [0, 0.1) is 0 Å². The van der Waals surface area contributed by atoms with E-state index in [1.807, 2.05) is 0 Å². The van der Waals surface area contributed by atoms with Crippen LogP contribution < -0.4 is 0 Å². The van der Waals surface area contributed by atoms with E-state index in [-0.39, 0.29) is 5.41 Å². The van der Waals surface area contributed by atoms with Gasteiger partial charge in [0.2, 0.25) is 0 Å². The van der Waals surface area contributed by atoms with Crippen LogP contribution in [0.1, 0.15) is 25.0 Å². The van der Waals surface area contributed by atoms with Crippen molar-refractivity contribution < 1.29 is 4.42 Å². The summed E-state index contributed by atoms with van der Waals surface area (Å²) in [5.41, 5.74) is 12.3. The van der Waals surface area contributed by atoms with E-state index in [1.54, 1.807) is 0 Å². The molecule has 8 aromatic rings. The van der Waals surface area contributed by atoms with E-state index in [0.29, 0.717) is 0 Å². The van der Waals surface area contributed by atoms with Gasteiger partial charge in [-0.1, -0.05) is 123 Å². The lowest BCUT2D eigenvalue weighted by Crippen LogP contribution is -2.15. The van der Waals surface area contributed by atoms with Crippen molar-refractivity contribution in [2.75, 3.05) is 0 Å². The summed E-state index contributed by atoms with van der Waals surface area (Å²) in [6.07, 6.45) is 0. The van der Waals surface area contributed by atoms with E-state index in [2.05, 4.69) is 147 Å². The maximum Gasteiger partial charge on any atom is 0.143 e. The number of rotatable bonds is 2. The largest absolute Gasteiger partial charge is 0.455 e. The molecule has 0 fully saturated rings. The van der Waals surface area contributed by atoms with Gasteiger partial charge in [0, 0.05) is 21.6 Å². The Morgan fingerprint density at radius 1 is 0.500 bits per heavy atom. The van der Waals surface area contributed by atoms with Crippen LogP contribution in [0.5, 0.6) is 0 Å². The van der Waals surface area contributed by atoms with Gasteiger partial charge in [-0.2, -0.15) is 0 Å². The summed E-state index contributed by atoms with van der Waals surface area (Å²) in [6, 6.07) is 48.6. The molecular weight excluding hydrogens is 508 g/mol. The van der Waals surface area contributed by atoms with Gasteiger partial charge in [-0.15, -0.1) is 0 Å². The van der Waals surface area contributed by atoms with E-state index in [4.69, 9.17) is 4.42 Å². The normalized spacial score (nSPS) is 13.7. The zero-order valence-corrected chi connectivity index (χ0v) is 23.6. The van der Waals surface area contributed by atoms with E-state index in [0.717, 1.165) is 21.9 Å². The Kier molecular flexibility index (Phi) is 4.73. The number of fused-ring (bicyclic) bond motifs is 10. The van der Waals surface area contributed by atoms with Crippen molar-refractivity contribution in [3.8, 4) is 33.4 Å². The van der Waals surface area contributed by atoms with Gasteiger partial charge in [-0.3, -0.25) is 0 Å². The van der Waals surface area contributed by atoms with Crippen molar-refractivity contribution in [3.63, 3.8) is 0 Å². The molecule has 0 atom stereocenters. The quantitative estimate of drug-likeness (QED) is 0.214. The fraction of sp³-hybridized carbons (Fsp3) is 0.0732. The molecule has 1 heterocycles. The first-order chi connectivity index (χ1) is 20.6. The summed E-state index contributed by atoms with van der Waals surface area (Å²) in [5.74, 6) is 0. The van der Waals surface area contributed by atoms with Gasteiger partial charge in [0.15, 0.2) is 0 Å². The van der Waals surface area contributed by atoms with Crippen molar-refractivity contribution >= 4 is 43.5 Å². The average Bonchev–Trinajstić information content (AvgIpc) is 3.54. The summed E-state index contributed by atoms with van der Waals surface area (Å²) in [7, 11) is 0. The monoisotopic (exact) mass is 536 g/mol. The number of hydrogen-bond donors (Lipinski definition) is 0. The Morgan fingerprint density at radius 3 is 2.17 bits per heavy atom. The van der Waals surface area contributed by atoms with Gasteiger partial charge in [-0.05, 0) is 84.9 Å². The van der Waals surface area contributed by atoms with Gasteiger partial charge in [0.05, 0.1) is 0 Å². The number of hydrogen-bond acceptors (Lipinski definition) is 1. The second-order valence-corrected chi connectivity index (χ2v) is 12.1. The SMILES string of the molecule is CC1(C)c2ccccc2-c2c(-c3ccccc3)cc3ccc(-c4cccc5oc6c7ccccc7ccc6c45)cc3c21.